The van der Waals surface area contributed by atoms with Crippen LogP contribution in [0.5, 0.6) is 0 Å². The Hall–Kier alpha value is -1.10. The summed E-state index contributed by atoms with van der Waals surface area (Å²) in [6.45, 7) is 3.72. The number of carbonyl (C=O) groups is 2. The van der Waals surface area contributed by atoms with Crippen LogP contribution in [0.15, 0.2) is 0 Å². The van der Waals surface area contributed by atoms with Crippen LogP contribution in [-0.4, -0.2) is 36.1 Å². The molecule has 0 aromatic heterocycles. The van der Waals surface area contributed by atoms with Gasteiger partial charge in [-0.1, -0.05) is 13.3 Å². The van der Waals surface area contributed by atoms with Crippen LogP contribution in [0.25, 0.3) is 0 Å². The first-order chi connectivity index (χ1) is 7.63. The third-order valence-electron chi connectivity index (χ3n) is 2.85. The molecule has 1 saturated heterocycles. The highest BCUT2D eigenvalue weighted by molar-refractivity contribution is 5.83. The van der Waals surface area contributed by atoms with Crippen molar-refractivity contribution in [2.24, 2.45) is 5.92 Å². The SMILES string of the molecule is CCC[C@@H](NC(=O)CC1CCNC1)C(=O)O. The highest BCUT2D eigenvalue weighted by atomic mass is 16.4. The minimum absolute atomic E-state index is 0.144. The van der Waals surface area contributed by atoms with Gasteiger partial charge in [0.05, 0.1) is 0 Å². The van der Waals surface area contributed by atoms with Crippen LogP contribution < -0.4 is 10.6 Å². The second kappa shape index (κ2) is 6.48. The Morgan fingerprint density at radius 1 is 1.56 bits per heavy atom. The maximum Gasteiger partial charge on any atom is 0.326 e. The average Bonchev–Trinajstić information content (AvgIpc) is 2.69. The fourth-order valence-corrected chi connectivity index (χ4v) is 1.95. The number of rotatable bonds is 6. The van der Waals surface area contributed by atoms with Crippen molar-refractivity contribution >= 4 is 11.9 Å². The van der Waals surface area contributed by atoms with Crippen molar-refractivity contribution in [3.05, 3.63) is 0 Å². The second-order valence-electron chi connectivity index (χ2n) is 4.31. The molecule has 5 nitrogen and oxygen atoms in total. The number of hydrogen-bond acceptors (Lipinski definition) is 3. The van der Waals surface area contributed by atoms with Gasteiger partial charge in [0.25, 0.3) is 0 Å². The molecule has 0 saturated carbocycles. The summed E-state index contributed by atoms with van der Waals surface area (Å²) in [5.41, 5.74) is 0. The molecule has 0 aromatic carbocycles. The molecule has 1 heterocycles. The monoisotopic (exact) mass is 228 g/mol. The Balaban J connectivity index is 2.32. The van der Waals surface area contributed by atoms with E-state index in [1.165, 1.54) is 0 Å². The molecule has 1 fully saturated rings. The van der Waals surface area contributed by atoms with E-state index in [9.17, 15) is 9.59 Å². The third kappa shape index (κ3) is 4.18. The molecule has 1 amide bonds. The molecule has 3 N–H and O–H groups in total. The molecule has 5 heteroatoms. The third-order valence-corrected chi connectivity index (χ3v) is 2.85. The molecule has 0 radical (unpaired) electrons. The van der Waals surface area contributed by atoms with Gasteiger partial charge in [-0.05, 0) is 31.8 Å². The van der Waals surface area contributed by atoms with E-state index in [0.29, 0.717) is 18.8 Å². The molecule has 16 heavy (non-hydrogen) atoms. The molecule has 1 rings (SSSR count). The van der Waals surface area contributed by atoms with Crippen molar-refractivity contribution in [2.45, 2.75) is 38.6 Å². The van der Waals surface area contributed by atoms with Gasteiger partial charge in [-0.25, -0.2) is 4.79 Å². The fraction of sp³-hybridized carbons (Fsp3) is 0.818. The Morgan fingerprint density at radius 2 is 2.31 bits per heavy atom. The molecular formula is C11H20N2O3. The number of nitrogens with one attached hydrogen (secondary N) is 2. The van der Waals surface area contributed by atoms with Crippen LogP contribution in [0.1, 0.15) is 32.6 Å². The van der Waals surface area contributed by atoms with E-state index in [1.807, 2.05) is 6.92 Å². The maximum absolute atomic E-state index is 11.6. The highest BCUT2D eigenvalue weighted by Gasteiger charge is 2.22. The lowest BCUT2D eigenvalue weighted by Gasteiger charge is -2.15. The number of carboxylic acids is 1. The normalized spacial score (nSPS) is 21.7. The van der Waals surface area contributed by atoms with Crippen LogP contribution in [0.3, 0.4) is 0 Å². The first-order valence-electron chi connectivity index (χ1n) is 5.86. The van der Waals surface area contributed by atoms with Crippen molar-refractivity contribution in [3.8, 4) is 0 Å². The highest BCUT2D eigenvalue weighted by Crippen LogP contribution is 2.12. The first-order valence-corrected chi connectivity index (χ1v) is 5.86. The van der Waals surface area contributed by atoms with Gasteiger partial charge in [0, 0.05) is 6.42 Å². The smallest absolute Gasteiger partial charge is 0.326 e. The number of carbonyl (C=O) groups excluding carboxylic acids is 1. The lowest BCUT2D eigenvalue weighted by atomic mass is 10.0. The molecule has 0 spiro atoms. The standard InChI is InChI=1S/C11H20N2O3/c1-2-3-9(11(15)16)13-10(14)6-8-4-5-12-7-8/h8-9,12H,2-7H2,1H3,(H,13,14)(H,15,16)/t8?,9-/m1/s1. The van der Waals surface area contributed by atoms with Crippen molar-refractivity contribution in [1.29, 1.82) is 0 Å². The van der Waals surface area contributed by atoms with E-state index >= 15 is 0 Å². The summed E-state index contributed by atoms with van der Waals surface area (Å²) in [6.07, 6.45) is 2.67. The quantitative estimate of drug-likeness (QED) is 0.613. The molecule has 0 aliphatic carbocycles. The number of hydrogen-bond donors (Lipinski definition) is 3. The lowest BCUT2D eigenvalue weighted by molar-refractivity contribution is -0.142. The lowest BCUT2D eigenvalue weighted by Crippen LogP contribution is -2.41. The van der Waals surface area contributed by atoms with Crippen LogP contribution in [0, 0.1) is 5.92 Å². The predicted molar refractivity (Wildman–Crippen MR) is 60.1 cm³/mol. The van der Waals surface area contributed by atoms with E-state index < -0.39 is 12.0 Å². The minimum atomic E-state index is -0.945. The Morgan fingerprint density at radius 3 is 2.81 bits per heavy atom. The molecule has 1 aliphatic heterocycles. The van der Waals surface area contributed by atoms with E-state index in [0.717, 1.165) is 25.9 Å². The zero-order valence-corrected chi connectivity index (χ0v) is 9.66. The van der Waals surface area contributed by atoms with E-state index in [2.05, 4.69) is 10.6 Å². The Kier molecular flexibility index (Phi) is 5.25. The molecule has 1 unspecified atom stereocenters. The summed E-state index contributed by atoms with van der Waals surface area (Å²) >= 11 is 0. The zero-order valence-electron chi connectivity index (χ0n) is 9.66. The van der Waals surface area contributed by atoms with Crippen LogP contribution in [-0.2, 0) is 9.59 Å². The van der Waals surface area contributed by atoms with Crippen molar-refractivity contribution in [1.82, 2.24) is 10.6 Å². The predicted octanol–water partition coefficient (Wildman–Crippen LogP) is 0.356. The summed E-state index contributed by atoms with van der Waals surface area (Å²) in [4.78, 5) is 22.4. The van der Waals surface area contributed by atoms with Gasteiger partial charge in [0.2, 0.25) is 5.91 Å². The summed E-state index contributed by atoms with van der Waals surface area (Å²) in [5.74, 6) is -0.731. The van der Waals surface area contributed by atoms with Crippen molar-refractivity contribution < 1.29 is 14.7 Å². The average molecular weight is 228 g/mol. The number of carboxylic acid groups (broad SMARTS) is 1. The van der Waals surface area contributed by atoms with Gasteiger partial charge in [0.15, 0.2) is 0 Å². The van der Waals surface area contributed by atoms with Crippen molar-refractivity contribution in [2.75, 3.05) is 13.1 Å². The van der Waals surface area contributed by atoms with Crippen molar-refractivity contribution in [3.63, 3.8) is 0 Å². The first kappa shape index (κ1) is 13.0. The summed E-state index contributed by atoms with van der Waals surface area (Å²) in [6, 6.07) is -0.730. The Bertz CT molecular complexity index is 250. The minimum Gasteiger partial charge on any atom is -0.480 e. The van der Waals surface area contributed by atoms with Gasteiger partial charge in [0.1, 0.15) is 6.04 Å². The summed E-state index contributed by atoms with van der Waals surface area (Å²) in [5, 5.41) is 14.6. The van der Waals surface area contributed by atoms with E-state index in [1.54, 1.807) is 0 Å². The number of amides is 1. The Labute approximate surface area is 95.6 Å². The van der Waals surface area contributed by atoms with Gasteiger partial charge in [-0.2, -0.15) is 0 Å². The van der Waals surface area contributed by atoms with Gasteiger partial charge in [-0.15, -0.1) is 0 Å². The van der Waals surface area contributed by atoms with Gasteiger partial charge < -0.3 is 15.7 Å². The molecule has 0 aromatic rings. The molecular weight excluding hydrogens is 208 g/mol. The maximum atomic E-state index is 11.6. The largest absolute Gasteiger partial charge is 0.480 e. The van der Waals surface area contributed by atoms with E-state index in [-0.39, 0.29) is 5.91 Å². The molecule has 0 bridgehead atoms. The molecule has 92 valence electrons. The second-order valence-corrected chi connectivity index (χ2v) is 4.31. The summed E-state index contributed by atoms with van der Waals surface area (Å²) < 4.78 is 0. The molecule has 2 atom stereocenters. The van der Waals surface area contributed by atoms with E-state index in [4.69, 9.17) is 5.11 Å². The fourth-order valence-electron chi connectivity index (χ4n) is 1.95. The van der Waals surface area contributed by atoms with Crippen LogP contribution >= 0.6 is 0 Å². The topological polar surface area (TPSA) is 78.4 Å². The number of aliphatic carboxylic acids is 1. The summed E-state index contributed by atoms with van der Waals surface area (Å²) in [7, 11) is 0. The molecule has 1 aliphatic rings. The van der Waals surface area contributed by atoms with Crippen LogP contribution in [0.4, 0.5) is 0 Å². The van der Waals surface area contributed by atoms with Gasteiger partial charge >= 0.3 is 5.97 Å². The van der Waals surface area contributed by atoms with Gasteiger partial charge in [-0.3, -0.25) is 4.79 Å². The van der Waals surface area contributed by atoms with Crippen LogP contribution in [0.2, 0.25) is 0 Å². The zero-order chi connectivity index (χ0) is 12.0.